The molecule has 0 fully saturated rings. The molecule has 0 saturated heterocycles. The normalized spacial score (nSPS) is 10.6. The van der Waals surface area contributed by atoms with Crippen LogP contribution in [0.5, 0.6) is 5.88 Å². The van der Waals surface area contributed by atoms with Gasteiger partial charge in [0.1, 0.15) is 0 Å². The van der Waals surface area contributed by atoms with E-state index >= 15 is 0 Å². The summed E-state index contributed by atoms with van der Waals surface area (Å²) in [5.74, 6) is 1.15. The maximum absolute atomic E-state index is 12.3. The van der Waals surface area contributed by atoms with E-state index in [1.165, 1.54) is 5.56 Å². The van der Waals surface area contributed by atoms with E-state index in [2.05, 4.69) is 20.5 Å². The Morgan fingerprint density at radius 1 is 1.30 bits per heavy atom. The highest BCUT2D eigenvalue weighted by molar-refractivity contribution is 7.71. The molecule has 0 aliphatic heterocycles. The van der Waals surface area contributed by atoms with E-state index in [1.807, 2.05) is 47.9 Å². The van der Waals surface area contributed by atoms with Crippen LogP contribution in [-0.2, 0) is 17.9 Å². The molecular weight excluding hydrogens is 362 g/mol. The number of aryl methyl sites for hydroxylation is 1. The van der Waals surface area contributed by atoms with Gasteiger partial charge in [0.25, 0.3) is 0 Å². The average Bonchev–Trinajstić information content (AvgIpc) is 3.06. The first-order valence-electron chi connectivity index (χ1n) is 8.55. The highest BCUT2D eigenvalue weighted by Gasteiger charge is 2.11. The summed E-state index contributed by atoms with van der Waals surface area (Å²) in [5.41, 5.74) is 2.95. The number of pyridine rings is 1. The van der Waals surface area contributed by atoms with Crippen molar-refractivity contribution >= 4 is 18.1 Å². The molecule has 1 aromatic carbocycles. The Hall–Kier alpha value is -3.00. The summed E-state index contributed by atoms with van der Waals surface area (Å²) in [5, 5.41) is 9.99. The van der Waals surface area contributed by atoms with Crippen molar-refractivity contribution in [3.63, 3.8) is 0 Å². The molecule has 7 nitrogen and oxygen atoms in total. The molecule has 0 unspecified atom stereocenters. The zero-order valence-electron chi connectivity index (χ0n) is 15.2. The second-order valence-corrected chi connectivity index (χ2v) is 6.46. The fraction of sp³-hybridized carbons (Fsp3) is 0.263. The van der Waals surface area contributed by atoms with Gasteiger partial charge in [-0.25, -0.2) is 4.98 Å². The minimum atomic E-state index is -0.0844. The number of aromatic amines is 1. The number of H-pyrrole nitrogens is 1. The fourth-order valence-electron chi connectivity index (χ4n) is 2.69. The monoisotopic (exact) mass is 383 g/mol. The molecule has 0 spiro atoms. The van der Waals surface area contributed by atoms with E-state index in [0.29, 0.717) is 23.7 Å². The number of aromatic nitrogens is 4. The number of hydrogen-bond acceptors (Lipinski definition) is 5. The van der Waals surface area contributed by atoms with Gasteiger partial charge in [0.15, 0.2) is 10.6 Å². The first kappa shape index (κ1) is 18.8. The number of hydrogen-bond donors (Lipinski definition) is 2. The lowest BCUT2D eigenvalue weighted by Crippen LogP contribution is -2.24. The van der Waals surface area contributed by atoms with Crippen LogP contribution in [0.4, 0.5) is 0 Å². The van der Waals surface area contributed by atoms with Crippen molar-refractivity contribution < 1.29 is 9.53 Å². The molecule has 0 aliphatic rings. The lowest BCUT2D eigenvalue weighted by Gasteiger charge is -2.10. The number of amides is 1. The Labute approximate surface area is 162 Å². The molecule has 1 amide bonds. The zero-order chi connectivity index (χ0) is 19.2. The number of ether oxygens (including phenoxy) is 1. The summed E-state index contributed by atoms with van der Waals surface area (Å²) >= 11 is 5.31. The van der Waals surface area contributed by atoms with Crippen LogP contribution in [0.25, 0.3) is 11.4 Å². The third-order valence-corrected chi connectivity index (χ3v) is 4.46. The van der Waals surface area contributed by atoms with E-state index < -0.39 is 0 Å². The molecule has 2 heterocycles. The van der Waals surface area contributed by atoms with Gasteiger partial charge in [-0.15, -0.1) is 0 Å². The fourth-order valence-corrected chi connectivity index (χ4v) is 2.91. The van der Waals surface area contributed by atoms with Crippen LogP contribution in [0.3, 0.4) is 0 Å². The van der Waals surface area contributed by atoms with Gasteiger partial charge in [-0.1, -0.05) is 35.9 Å². The van der Waals surface area contributed by atoms with Crippen LogP contribution in [0, 0.1) is 11.7 Å². The van der Waals surface area contributed by atoms with E-state index in [9.17, 15) is 4.79 Å². The maximum atomic E-state index is 12.3. The molecule has 27 heavy (non-hydrogen) atoms. The number of nitrogens with one attached hydrogen (secondary N) is 2. The number of methoxy groups -OCH3 is 1. The predicted octanol–water partition coefficient (Wildman–Crippen LogP) is 3.03. The Bertz CT molecular complexity index is 978. The minimum Gasteiger partial charge on any atom is -0.481 e. The third kappa shape index (κ3) is 4.59. The topological polar surface area (TPSA) is 84.8 Å². The predicted molar refractivity (Wildman–Crippen MR) is 105 cm³/mol. The van der Waals surface area contributed by atoms with Crippen LogP contribution in [0.2, 0.25) is 0 Å². The number of carbonyl (C=O) groups is 1. The van der Waals surface area contributed by atoms with Gasteiger partial charge in [0, 0.05) is 36.8 Å². The van der Waals surface area contributed by atoms with E-state index in [1.54, 1.807) is 13.3 Å². The largest absolute Gasteiger partial charge is 0.481 e. The zero-order valence-corrected chi connectivity index (χ0v) is 16.0. The Kier molecular flexibility index (Phi) is 5.97. The molecule has 0 saturated carbocycles. The second kappa shape index (κ2) is 8.59. The van der Waals surface area contributed by atoms with Gasteiger partial charge >= 0.3 is 0 Å². The van der Waals surface area contributed by atoms with Gasteiger partial charge < -0.3 is 10.1 Å². The van der Waals surface area contributed by atoms with E-state index in [4.69, 9.17) is 17.0 Å². The summed E-state index contributed by atoms with van der Waals surface area (Å²) < 4.78 is 7.52. The highest BCUT2D eigenvalue weighted by atomic mass is 32.1. The van der Waals surface area contributed by atoms with Crippen LogP contribution >= 0.6 is 12.2 Å². The average molecular weight is 383 g/mol. The molecule has 0 aliphatic carbocycles. The molecule has 0 atom stereocenters. The van der Waals surface area contributed by atoms with Gasteiger partial charge in [-0.05, 0) is 25.2 Å². The molecule has 0 bridgehead atoms. The van der Waals surface area contributed by atoms with Crippen molar-refractivity contribution in [3.8, 4) is 17.3 Å². The van der Waals surface area contributed by atoms with Crippen molar-refractivity contribution in [3.05, 3.63) is 58.5 Å². The van der Waals surface area contributed by atoms with Gasteiger partial charge in [-0.2, -0.15) is 5.10 Å². The molecule has 3 aromatic rings. The number of benzene rings is 1. The molecule has 0 radical (unpaired) electrons. The van der Waals surface area contributed by atoms with Gasteiger partial charge in [0.2, 0.25) is 11.8 Å². The highest BCUT2D eigenvalue weighted by Crippen LogP contribution is 2.18. The Balaban J connectivity index is 1.63. The smallest absolute Gasteiger partial charge is 0.222 e. The second-order valence-electron chi connectivity index (χ2n) is 6.07. The van der Waals surface area contributed by atoms with Crippen molar-refractivity contribution in [2.24, 2.45) is 0 Å². The summed E-state index contributed by atoms with van der Waals surface area (Å²) in [6.07, 6.45) is 1.94. The lowest BCUT2D eigenvalue weighted by atomic mass is 10.1. The van der Waals surface area contributed by atoms with Crippen LogP contribution < -0.4 is 10.1 Å². The molecule has 3 rings (SSSR count). The van der Waals surface area contributed by atoms with E-state index in [-0.39, 0.29) is 12.3 Å². The standard InChI is InChI=1S/C19H21N5O2S/c1-13-5-7-14(8-6-13)17-22-23-19(27)24(17)11-9-16(25)21-12-15-4-3-10-20-18(15)26-2/h3-8,10H,9,11-12H2,1-2H3,(H,21,25)(H,23,27). The Morgan fingerprint density at radius 2 is 2.07 bits per heavy atom. The van der Waals surface area contributed by atoms with Crippen molar-refractivity contribution in [1.82, 2.24) is 25.1 Å². The van der Waals surface area contributed by atoms with Gasteiger partial charge in [-0.3, -0.25) is 14.5 Å². The summed E-state index contributed by atoms with van der Waals surface area (Å²) in [7, 11) is 1.56. The molecule has 140 valence electrons. The Morgan fingerprint density at radius 3 is 2.81 bits per heavy atom. The van der Waals surface area contributed by atoms with E-state index in [0.717, 1.165) is 17.0 Å². The SMILES string of the molecule is COc1ncccc1CNC(=O)CCn1c(-c2ccc(C)cc2)n[nH]c1=S. The number of carbonyl (C=O) groups excluding carboxylic acids is 1. The summed E-state index contributed by atoms with van der Waals surface area (Å²) in [4.78, 5) is 16.4. The van der Waals surface area contributed by atoms with Crippen LogP contribution in [0.15, 0.2) is 42.6 Å². The third-order valence-electron chi connectivity index (χ3n) is 4.15. The molecule has 2 aromatic heterocycles. The summed E-state index contributed by atoms with van der Waals surface area (Å²) in [6, 6.07) is 11.7. The van der Waals surface area contributed by atoms with Crippen LogP contribution in [0.1, 0.15) is 17.5 Å². The number of nitrogens with zero attached hydrogens (tertiary/aromatic N) is 3. The van der Waals surface area contributed by atoms with Crippen molar-refractivity contribution in [2.45, 2.75) is 26.4 Å². The van der Waals surface area contributed by atoms with Crippen LogP contribution in [-0.4, -0.2) is 32.8 Å². The first-order valence-corrected chi connectivity index (χ1v) is 8.96. The summed E-state index contributed by atoms with van der Waals surface area (Å²) in [6.45, 7) is 2.83. The number of rotatable bonds is 7. The molecule has 8 heteroatoms. The van der Waals surface area contributed by atoms with Crippen molar-refractivity contribution in [2.75, 3.05) is 7.11 Å². The quantitative estimate of drug-likeness (QED) is 0.613. The lowest BCUT2D eigenvalue weighted by molar-refractivity contribution is -0.121. The maximum Gasteiger partial charge on any atom is 0.222 e. The molecular formula is C19H21N5O2S. The first-order chi connectivity index (χ1) is 13.1. The molecule has 2 N–H and O–H groups in total. The van der Waals surface area contributed by atoms with Gasteiger partial charge in [0.05, 0.1) is 7.11 Å². The van der Waals surface area contributed by atoms with Crippen molar-refractivity contribution in [1.29, 1.82) is 0 Å². The minimum absolute atomic E-state index is 0.0844.